The van der Waals surface area contributed by atoms with Crippen LogP contribution in [0.1, 0.15) is 19.8 Å². The van der Waals surface area contributed by atoms with E-state index in [-0.39, 0.29) is 4.90 Å². The molecular weight excluding hydrogens is 320 g/mol. The SMILES string of the molecule is CCOc1cccc(S(=O)(=O)N2CCC3(CC2)CNC(=O)O3)c1. The summed E-state index contributed by atoms with van der Waals surface area (Å²) in [5.74, 6) is 0.538. The average molecular weight is 340 g/mol. The zero-order chi connectivity index (χ0) is 16.5. The number of ether oxygens (including phenoxy) is 2. The van der Waals surface area contributed by atoms with Crippen molar-refractivity contribution in [1.29, 1.82) is 0 Å². The summed E-state index contributed by atoms with van der Waals surface area (Å²) in [5.41, 5.74) is -0.559. The number of carbonyl (C=O) groups is 1. The maximum absolute atomic E-state index is 12.8. The molecule has 3 rings (SSSR count). The monoisotopic (exact) mass is 340 g/mol. The standard InChI is InChI=1S/C15H20N2O5S/c1-2-21-12-4-3-5-13(10-12)23(19,20)17-8-6-15(7-9-17)11-16-14(18)22-15/h3-5,10H,2,6-9,11H2,1H3,(H,16,18). The summed E-state index contributed by atoms with van der Waals surface area (Å²) < 4.78 is 37.6. The number of nitrogens with one attached hydrogen (secondary N) is 1. The maximum atomic E-state index is 12.8. The van der Waals surface area contributed by atoms with E-state index in [1.807, 2.05) is 6.92 Å². The van der Waals surface area contributed by atoms with E-state index < -0.39 is 21.7 Å². The van der Waals surface area contributed by atoms with Crippen LogP contribution in [0.5, 0.6) is 5.75 Å². The van der Waals surface area contributed by atoms with Crippen molar-refractivity contribution in [2.24, 2.45) is 0 Å². The number of hydrogen-bond donors (Lipinski definition) is 1. The van der Waals surface area contributed by atoms with Crippen molar-refractivity contribution in [2.45, 2.75) is 30.3 Å². The van der Waals surface area contributed by atoms with Gasteiger partial charge in [-0.05, 0) is 19.1 Å². The topological polar surface area (TPSA) is 84.9 Å². The van der Waals surface area contributed by atoms with Crippen LogP contribution >= 0.6 is 0 Å². The first kappa shape index (κ1) is 16.1. The lowest BCUT2D eigenvalue weighted by Crippen LogP contribution is -2.48. The first-order chi connectivity index (χ1) is 11.0. The maximum Gasteiger partial charge on any atom is 0.407 e. The highest BCUT2D eigenvalue weighted by Crippen LogP contribution is 2.32. The van der Waals surface area contributed by atoms with Gasteiger partial charge in [0, 0.05) is 32.0 Å². The Balaban J connectivity index is 1.74. The number of nitrogens with zero attached hydrogens (tertiary/aromatic N) is 1. The molecule has 7 nitrogen and oxygen atoms in total. The van der Waals surface area contributed by atoms with Crippen LogP contribution in [0.3, 0.4) is 0 Å². The van der Waals surface area contributed by atoms with Crippen molar-refractivity contribution in [3.63, 3.8) is 0 Å². The van der Waals surface area contributed by atoms with Crippen LogP contribution in [0.2, 0.25) is 0 Å². The van der Waals surface area contributed by atoms with Gasteiger partial charge < -0.3 is 14.8 Å². The first-order valence-electron chi connectivity index (χ1n) is 7.65. The Kier molecular flexibility index (Phi) is 4.20. The summed E-state index contributed by atoms with van der Waals surface area (Å²) in [6.45, 7) is 3.43. The van der Waals surface area contributed by atoms with Gasteiger partial charge in [0.05, 0.1) is 18.0 Å². The van der Waals surface area contributed by atoms with E-state index in [9.17, 15) is 13.2 Å². The summed E-state index contributed by atoms with van der Waals surface area (Å²) in [6.07, 6.45) is 0.567. The molecule has 1 spiro atoms. The average Bonchev–Trinajstić information content (AvgIpc) is 2.89. The summed E-state index contributed by atoms with van der Waals surface area (Å²) in [5, 5.41) is 2.64. The van der Waals surface area contributed by atoms with E-state index in [0.717, 1.165) is 0 Å². The van der Waals surface area contributed by atoms with Crippen molar-refractivity contribution in [3.05, 3.63) is 24.3 Å². The van der Waals surface area contributed by atoms with Gasteiger partial charge in [-0.2, -0.15) is 4.31 Å². The molecule has 2 saturated heterocycles. The largest absolute Gasteiger partial charge is 0.494 e. The third-order valence-corrected chi connectivity index (χ3v) is 6.15. The molecular formula is C15H20N2O5S. The third kappa shape index (κ3) is 3.13. The predicted molar refractivity (Wildman–Crippen MR) is 82.8 cm³/mol. The fourth-order valence-corrected chi connectivity index (χ4v) is 4.43. The smallest absolute Gasteiger partial charge is 0.407 e. The van der Waals surface area contributed by atoms with Crippen molar-refractivity contribution in [3.8, 4) is 5.75 Å². The van der Waals surface area contributed by atoms with Gasteiger partial charge in [0.1, 0.15) is 11.4 Å². The molecule has 0 aliphatic carbocycles. The number of alkyl carbamates (subject to hydrolysis) is 1. The Bertz CT molecular complexity index is 696. The highest BCUT2D eigenvalue weighted by Gasteiger charge is 2.45. The second-order valence-corrected chi connectivity index (χ2v) is 7.68. The van der Waals surface area contributed by atoms with Crippen LogP contribution in [0.15, 0.2) is 29.2 Å². The lowest BCUT2D eigenvalue weighted by atomic mass is 9.93. The molecule has 0 bridgehead atoms. The minimum absolute atomic E-state index is 0.223. The Labute approximate surface area is 135 Å². The predicted octanol–water partition coefficient (Wildman–Crippen LogP) is 1.35. The van der Waals surface area contributed by atoms with Crippen LogP contribution in [0.4, 0.5) is 4.79 Å². The van der Waals surface area contributed by atoms with E-state index in [0.29, 0.717) is 44.8 Å². The molecule has 2 fully saturated rings. The van der Waals surface area contributed by atoms with Gasteiger partial charge in [0.15, 0.2) is 0 Å². The molecule has 2 heterocycles. The Hall–Kier alpha value is -1.80. The fourth-order valence-electron chi connectivity index (χ4n) is 2.96. The third-order valence-electron chi connectivity index (χ3n) is 4.25. The zero-order valence-electron chi connectivity index (χ0n) is 12.9. The van der Waals surface area contributed by atoms with Crippen molar-refractivity contribution >= 4 is 16.1 Å². The summed E-state index contributed by atoms with van der Waals surface area (Å²) in [4.78, 5) is 11.5. The quantitative estimate of drug-likeness (QED) is 0.894. The van der Waals surface area contributed by atoms with E-state index in [2.05, 4.69) is 5.32 Å². The Morgan fingerprint density at radius 2 is 2.09 bits per heavy atom. The van der Waals surface area contributed by atoms with Crippen molar-refractivity contribution in [1.82, 2.24) is 9.62 Å². The number of sulfonamides is 1. The highest BCUT2D eigenvalue weighted by atomic mass is 32.2. The molecule has 0 aromatic heterocycles. The molecule has 2 aliphatic rings. The summed E-state index contributed by atoms with van der Waals surface area (Å²) in [7, 11) is -3.57. The fraction of sp³-hybridized carbons (Fsp3) is 0.533. The minimum Gasteiger partial charge on any atom is -0.494 e. The number of carbonyl (C=O) groups excluding carboxylic acids is 1. The lowest BCUT2D eigenvalue weighted by molar-refractivity contribution is 0.0173. The van der Waals surface area contributed by atoms with Crippen molar-refractivity contribution < 1.29 is 22.7 Å². The highest BCUT2D eigenvalue weighted by molar-refractivity contribution is 7.89. The Morgan fingerprint density at radius 3 is 2.70 bits per heavy atom. The van der Waals surface area contributed by atoms with Gasteiger partial charge in [-0.1, -0.05) is 6.07 Å². The minimum atomic E-state index is -3.57. The molecule has 1 aromatic carbocycles. The molecule has 0 radical (unpaired) electrons. The molecule has 0 saturated carbocycles. The van der Waals surface area contributed by atoms with Gasteiger partial charge in [0.2, 0.25) is 10.0 Å². The molecule has 0 atom stereocenters. The Morgan fingerprint density at radius 1 is 1.35 bits per heavy atom. The molecule has 2 aliphatic heterocycles. The molecule has 23 heavy (non-hydrogen) atoms. The van der Waals surface area contributed by atoms with E-state index in [4.69, 9.17) is 9.47 Å². The number of rotatable bonds is 4. The van der Waals surface area contributed by atoms with Gasteiger partial charge in [-0.25, -0.2) is 13.2 Å². The normalized spacial score (nSPS) is 21.0. The van der Waals surface area contributed by atoms with Gasteiger partial charge in [-0.3, -0.25) is 0 Å². The van der Waals surface area contributed by atoms with Crippen LogP contribution in [0, 0.1) is 0 Å². The van der Waals surface area contributed by atoms with Crippen molar-refractivity contribution in [2.75, 3.05) is 26.2 Å². The summed E-state index contributed by atoms with van der Waals surface area (Å²) in [6, 6.07) is 6.52. The van der Waals surface area contributed by atoms with Crippen LogP contribution in [-0.2, 0) is 14.8 Å². The second kappa shape index (κ2) is 6.01. The molecule has 126 valence electrons. The molecule has 0 unspecified atom stereocenters. The van der Waals surface area contributed by atoms with Crippen LogP contribution in [0.25, 0.3) is 0 Å². The van der Waals surface area contributed by atoms with Gasteiger partial charge in [-0.15, -0.1) is 0 Å². The van der Waals surface area contributed by atoms with Gasteiger partial charge >= 0.3 is 6.09 Å². The van der Waals surface area contributed by atoms with E-state index >= 15 is 0 Å². The van der Waals surface area contributed by atoms with E-state index in [1.165, 1.54) is 4.31 Å². The van der Waals surface area contributed by atoms with Gasteiger partial charge in [0.25, 0.3) is 0 Å². The lowest BCUT2D eigenvalue weighted by Gasteiger charge is -2.36. The number of benzene rings is 1. The van der Waals surface area contributed by atoms with Crippen LogP contribution in [-0.4, -0.2) is 50.7 Å². The first-order valence-corrected chi connectivity index (χ1v) is 9.09. The van der Waals surface area contributed by atoms with E-state index in [1.54, 1.807) is 24.3 Å². The zero-order valence-corrected chi connectivity index (χ0v) is 13.8. The molecule has 8 heteroatoms. The summed E-state index contributed by atoms with van der Waals surface area (Å²) >= 11 is 0. The molecule has 1 amide bonds. The number of hydrogen-bond acceptors (Lipinski definition) is 5. The molecule has 1 N–H and O–H groups in total. The number of piperidine rings is 1. The second-order valence-electron chi connectivity index (χ2n) is 5.74. The number of amides is 1. The van der Waals surface area contributed by atoms with Crippen LogP contribution < -0.4 is 10.1 Å². The molecule has 1 aromatic rings.